The van der Waals surface area contributed by atoms with Crippen LogP contribution in [0.5, 0.6) is 0 Å². The second kappa shape index (κ2) is 5.69. The van der Waals surface area contributed by atoms with Crippen LogP contribution in [0.4, 0.5) is 0 Å². The Bertz CT molecular complexity index is 713. The normalized spacial score (nSPS) is 11.3. The monoisotopic (exact) mass is 283 g/mol. The van der Waals surface area contributed by atoms with Crippen LogP contribution in [0.25, 0.3) is 21.5 Å². The molecule has 0 aliphatic carbocycles. The summed E-state index contributed by atoms with van der Waals surface area (Å²) in [6, 6.07) is 10.8. The summed E-state index contributed by atoms with van der Waals surface area (Å²) in [6.45, 7) is 5.17. The van der Waals surface area contributed by atoms with Crippen LogP contribution in [-0.4, -0.2) is 16.0 Å². The van der Waals surface area contributed by atoms with Crippen molar-refractivity contribution in [2.75, 3.05) is 0 Å². The fourth-order valence-electron chi connectivity index (χ4n) is 2.10. The molecule has 2 heterocycles. The Labute approximate surface area is 122 Å². The first kappa shape index (κ1) is 13.2. The molecule has 0 aliphatic heterocycles. The first-order chi connectivity index (χ1) is 9.74. The van der Waals surface area contributed by atoms with E-state index >= 15 is 0 Å². The number of para-hydroxylation sites is 1. The van der Waals surface area contributed by atoms with Gasteiger partial charge < -0.3 is 5.32 Å². The molecule has 102 valence electrons. The lowest BCUT2D eigenvalue weighted by atomic mass is 10.1. The van der Waals surface area contributed by atoms with Gasteiger partial charge in [0.05, 0.1) is 5.52 Å². The second-order valence-corrected chi connectivity index (χ2v) is 6.16. The van der Waals surface area contributed by atoms with Crippen LogP contribution in [0.1, 0.15) is 18.7 Å². The highest BCUT2D eigenvalue weighted by Crippen LogP contribution is 2.30. The van der Waals surface area contributed by atoms with Crippen LogP contribution in [-0.2, 0) is 6.54 Å². The minimum atomic E-state index is 0.486. The summed E-state index contributed by atoms with van der Waals surface area (Å²) in [5, 5.41) is 5.61. The molecule has 0 amide bonds. The number of hydrogen-bond donors (Lipinski definition) is 1. The molecule has 20 heavy (non-hydrogen) atoms. The van der Waals surface area contributed by atoms with Gasteiger partial charge in [-0.2, -0.15) is 0 Å². The molecule has 4 heteroatoms. The molecule has 3 rings (SSSR count). The van der Waals surface area contributed by atoms with Crippen LogP contribution < -0.4 is 5.32 Å². The van der Waals surface area contributed by atoms with Crippen molar-refractivity contribution in [3.05, 3.63) is 47.6 Å². The van der Waals surface area contributed by atoms with E-state index in [1.807, 2.05) is 18.5 Å². The van der Waals surface area contributed by atoms with Crippen LogP contribution in [0.3, 0.4) is 0 Å². The SMILES string of the molecule is CC(C)NCc1cnc(-c2cccc3cccnc23)s1. The number of aromatic nitrogens is 2. The Hall–Kier alpha value is -1.78. The highest BCUT2D eigenvalue weighted by atomic mass is 32.1. The van der Waals surface area contributed by atoms with E-state index in [-0.39, 0.29) is 0 Å². The quantitative estimate of drug-likeness (QED) is 0.790. The highest BCUT2D eigenvalue weighted by molar-refractivity contribution is 7.15. The molecule has 1 aromatic carbocycles. The molecule has 3 nitrogen and oxygen atoms in total. The van der Waals surface area contributed by atoms with E-state index in [1.165, 1.54) is 4.88 Å². The zero-order chi connectivity index (χ0) is 13.9. The molecule has 0 spiro atoms. The molecule has 0 saturated carbocycles. The van der Waals surface area contributed by atoms with Gasteiger partial charge in [-0.3, -0.25) is 4.98 Å². The van der Waals surface area contributed by atoms with E-state index in [1.54, 1.807) is 11.3 Å². The van der Waals surface area contributed by atoms with E-state index in [4.69, 9.17) is 0 Å². The van der Waals surface area contributed by atoms with Crippen LogP contribution in [0.15, 0.2) is 42.7 Å². The van der Waals surface area contributed by atoms with Gasteiger partial charge in [-0.05, 0) is 12.1 Å². The summed E-state index contributed by atoms with van der Waals surface area (Å²) in [5.41, 5.74) is 2.14. The zero-order valence-electron chi connectivity index (χ0n) is 11.6. The molecular formula is C16H17N3S. The lowest BCUT2D eigenvalue weighted by molar-refractivity contribution is 0.593. The number of rotatable bonds is 4. The predicted octanol–water partition coefficient (Wildman–Crippen LogP) is 3.86. The van der Waals surface area contributed by atoms with Crippen molar-refractivity contribution >= 4 is 22.2 Å². The van der Waals surface area contributed by atoms with Crippen molar-refractivity contribution in [2.24, 2.45) is 0 Å². The molecule has 3 aromatic rings. The third kappa shape index (κ3) is 2.71. The number of benzene rings is 1. The summed E-state index contributed by atoms with van der Waals surface area (Å²) in [7, 11) is 0. The van der Waals surface area contributed by atoms with Gasteiger partial charge in [-0.1, -0.05) is 32.0 Å². The summed E-state index contributed by atoms with van der Waals surface area (Å²) < 4.78 is 0. The standard InChI is InChI=1S/C16H17N3S/c1-11(2)18-9-13-10-19-16(20-13)14-7-3-5-12-6-4-8-17-15(12)14/h3-8,10-11,18H,9H2,1-2H3. The van der Waals surface area contributed by atoms with Gasteiger partial charge in [0.2, 0.25) is 0 Å². The Balaban J connectivity index is 1.95. The van der Waals surface area contributed by atoms with E-state index in [0.717, 1.165) is 28.0 Å². The number of hydrogen-bond acceptors (Lipinski definition) is 4. The van der Waals surface area contributed by atoms with Crippen molar-refractivity contribution in [3.63, 3.8) is 0 Å². The number of fused-ring (bicyclic) bond motifs is 1. The second-order valence-electron chi connectivity index (χ2n) is 5.05. The minimum absolute atomic E-state index is 0.486. The highest BCUT2D eigenvalue weighted by Gasteiger charge is 2.09. The Kier molecular flexibility index (Phi) is 3.76. The van der Waals surface area contributed by atoms with Gasteiger partial charge in [-0.15, -0.1) is 11.3 Å². The topological polar surface area (TPSA) is 37.8 Å². The van der Waals surface area contributed by atoms with E-state index in [9.17, 15) is 0 Å². The van der Waals surface area contributed by atoms with E-state index in [2.05, 4.69) is 53.4 Å². The summed E-state index contributed by atoms with van der Waals surface area (Å²) in [5.74, 6) is 0. The fourth-order valence-corrected chi connectivity index (χ4v) is 2.98. The van der Waals surface area contributed by atoms with Gasteiger partial charge >= 0.3 is 0 Å². The van der Waals surface area contributed by atoms with Gasteiger partial charge in [0.1, 0.15) is 5.01 Å². The molecule has 0 atom stereocenters. The summed E-state index contributed by atoms with van der Waals surface area (Å²) in [6.07, 6.45) is 3.79. The average Bonchev–Trinajstić information content (AvgIpc) is 2.93. The average molecular weight is 283 g/mol. The van der Waals surface area contributed by atoms with Gasteiger partial charge in [0.25, 0.3) is 0 Å². The molecule has 0 saturated heterocycles. The smallest absolute Gasteiger partial charge is 0.125 e. The van der Waals surface area contributed by atoms with Crippen molar-refractivity contribution < 1.29 is 0 Å². The number of pyridine rings is 1. The molecule has 0 radical (unpaired) electrons. The number of thiazole rings is 1. The predicted molar refractivity (Wildman–Crippen MR) is 84.8 cm³/mol. The maximum Gasteiger partial charge on any atom is 0.125 e. The Morgan fingerprint density at radius 3 is 2.85 bits per heavy atom. The molecule has 0 unspecified atom stereocenters. The molecule has 0 aliphatic rings. The number of nitrogens with one attached hydrogen (secondary N) is 1. The van der Waals surface area contributed by atoms with Crippen molar-refractivity contribution in [2.45, 2.75) is 26.4 Å². The van der Waals surface area contributed by atoms with Gasteiger partial charge in [-0.25, -0.2) is 4.98 Å². The number of nitrogens with zero attached hydrogens (tertiary/aromatic N) is 2. The molecule has 2 aromatic heterocycles. The lowest BCUT2D eigenvalue weighted by Crippen LogP contribution is -2.21. The third-order valence-electron chi connectivity index (χ3n) is 3.10. The molecule has 0 fully saturated rings. The van der Waals surface area contributed by atoms with Crippen LogP contribution >= 0.6 is 11.3 Å². The summed E-state index contributed by atoms with van der Waals surface area (Å²) in [4.78, 5) is 10.3. The summed E-state index contributed by atoms with van der Waals surface area (Å²) >= 11 is 1.73. The third-order valence-corrected chi connectivity index (χ3v) is 4.13. The van der Waals surface area contributed by atoms with Crippen molar-refractivity contribution in [1.29, 1.82) is 0 Å². The largest absolute Gasteiger partial charge is 0.310 e. The van der Waals surface area contributed by atoms with E-state index < -0.39 is 0 Å². The Morgan fingerprint density at radius 1 is 1.15 bits per heavy atom. The van der Waals surface area contributed by atoms with Crippen LogP contribution in [0, 0.1) is 0 Å². The molecule has 1 N–H and O–H groups in total. The lowest BCUT2D eigenvalue weighted by Gasteiger charge is -2.05. The van der Waals surface area contributed by atoms with Gasteiger partial charge in [0, 0.05) is 40.8 Å². The van der Waals surface area contributed by atoms with Crippen molar-refractivity contribution in [3.8, 4) is 10.6 Å². The maximum atomic E-state index is 4.55. The zero-order valence-corrected chi connectivity index (χ0v) is 12.4. The minimum Gasteiger partial charge on any atom is -0.310 e. The molecular weight excluding hydrogens is 266 g/mol. The first-order valence-electron chi connectivity index (χ1n) is 6.76. The Morgan fingerprint density at radius 2 is 2.00 bits per heavy atom. The van der Waals surface area contributed by atoms with Crippen molar-refractivity contribution in [1.82, 2.24) is 15.3 Å². The first-order valence-corrected chi connectivity index (χ1v) is 7.58. The van der Waals surface area contributed by atoms with Gasteiger partial charge in [0.15, 0.2) is 0 Å². The molecule has 0 bridgehead atoms. The fraction of sp³-hybridized carbons (Fsp3) is 0.250. The maximum absolute atomic E-state index is 4.55. The van der Waals surface area contributed by atoms with E-state index in [0.29, 0.717) is 6.04 Å². The van der Waals surface area contributed by atoms with Crippen LogP contribution in [0.2, 0.25) is 0 Å².